The molecular weight excluding hydrogens is 220 g/mol. The Bertz CT molecular complexity index is 277. The van der Waals surface area contributed by atoms with Gasteiger partial charge < -0.3 is 10.4 Å². The van der Waals surface area contributed by atoms with Crippen molar-refractivity contribution >= 4 is 11.9 Å². The number of hydrogen-bond acceptors (Lipinski definition) is 3. The number of nitrogens with zero attached hydrogens (tertiary/aromatic N) is 1. The molecular formula is C12H22N2O3. The monoisotopic (exact) mass is 242 g/mol. The van der Waals surface area contributed by atoms with Gasteiger partial charge in [0.25, 0.3) is 0 Å². The normalized spacial score (nSPS) is 20.8. The molecule has 1 heterocycles. The van der Waals surface area contributed by atoms with E-state index >= 15 is 0 Å². The highest BCUT2D eigenvalue weighted by Crippen LogP contribution is 2.16. The minimum Gasteiger partial charge on any atom is -0.480 e. The molecule has 1 aliphatic heterocycles. The molecule has 0 radical (unpaired) electrons. The zero-order valence-corrected chi connectivity index (χ0v) is 10.6. The highest BCUT2D eigenvalue weighted by Gasteiger charge is 2.31. The summed E-state index contributed by atoms with van der Waals surface area (Å²) in [7, 11) is 0. The van der Waals surface area contributed by atoms with E-state index in [9.17, 15) is 9.59 Å². The van der Waals surface area contributed by atoms with Crippen LogP contribution in [0.25, 0.3) is 0 Å². The summed E-state index contributed by atoms with van der Waals surface area (Å²) >= 11 is 0. The van der Waals surface area contributed by atoms with Gasteiger partial charge in [0, 0.05) is 6.04 Å². The molecule has 0 aromatic rings. The van der Waals surface area contributed by atoms with Crippen molar-refractivity contribution in [3.05, 3.63) is 0 Å². The molecule has 5 heteroatoms. The van der Waals surface area contributed by atoms with Crippen LogP contribution in [-0.4, -0.2) is 47.1 Å². The third kappa shape index (κ3) is 4.00. The van der Waals surface area contributed by atoms with Crippen molar-refractivity contribution < 1.29 is 14.7 Å². The van der Waals surface area contributed by atoms with Gasteiger partial charge in [-0.3, -0.25) is 14.5 Å². The molecule has 1 unspecified atom stereocenters. The largest absolute Gasteiger partial charge is 0.480 e. The second-order valence-electron chi connectivity index (χ2n) is 4.55. The predicted octanol–water partition coefficient (Wildman–Crippen LogP) is 0.840. The van der Waals surface area contributed by atoms with Crippen LogP contribution in [0, 0.1) is 0 Å². The number of nitrogens with one attached hydrogen (secondary N) is 1. The molecule has 0 spiro atoms. The quantitative estimate of drug-likeness (QED) is 0.724. The lowest BCUT2D eigenvalue weighted by molar-refractivity contribution is -0.142. The summed E-state index contributed by atoms with van der Waals surface area (Å²) in [6.45, 7) is 4.97. The Morgan fingerprint density at radius 1 is 1.41 bits per heavy atom. The molecule has 0 saturated carbocycles. The molecule has 1 rings (SSSR count). The van der Waals surface area contributed by atoms with E-state index in [0.717, 1.165) is 19.3 Å². The number of likely N-dealkylation sites (tertiary alicyclic amines) is 1. The van der Waals surface area contributed by atoms with Crippen LogP contribution >= 0.6 is 0 Å². The Hall–Kier alpha value is -1.10. The van der Waals surface area contributed by atoms with Crippen LogP contribution in [0.3, 0.4) is 0 Å². The lowest BCUT2D eigenvalue weighted by atomic mass is 10.2. The first kappa shape index (κ1) is 14.0. The maximum Gasteiger partial charge on any atom is 0.320 e. The standard InChI is InChI=1S/C12H22N2O3/c1-3-9(4-2)13-11(15)8-14-7-5-6-10(14)12(16)17/h9-10H,3-8H2,1-2H3,(H,13,15)(H,16,17). The van der Waals surface area contributed by atoms with Gasteiger partial charge in [-0.05, 0) is 32.2 Å². The fraction of sp³-hybridized carbons (Fsp3) is 0.833. The van der Waals surface area contributed by atoms with E-state index in [0.29, 0.717) is 13.0 Å². The molecule has 1 aliphatic rings. The van der Waals surface area contributed by atoms with Crippen LogP contribution in [0.5, 0.6) is 0 Å². The maximum atomic E-state index is 11.7. The zero-order chi connectivity index (χ0) is 12.8. The molecule has 1 amide bonds. The van der Waals surface area contributed by atoms with Crippen LogP contribution in [0.2, 0.25) is 0 Å². The van der Waals surface area contributed by atoms with E-state index in [2.05, 4.69) is 5.32 Å². The van der Waals surface area contributed by atoms with Crippen molar-refractivity contribution in [3.63, 3.8) is 0 Å². The molecule has 0 aromatic heterocycles. The molecule has 0 aromatic carbocycles. The van der Waals surface area contributed by atoms with Gasteiger partial charge in [0.1, 0.15) is 6.04 Å². The molecule has 1 atom stereocenters. The van der Waals surface area contributed by atoms with Gasteiger partial charge in [-0.15, -0.1) is 0 Å². The van der Waals surface area contributed by atoms with E-state index < -0.39 is 12.0 Å². The summed E-state index contributed by atoms with van der Waals surface area (Å²) in [5, 5.41) is 11.9. The topological polar surface area (TPSA) is 69.6 Å². The average molecular weight is 242 g/mol. The van der Waals surface area contributed by atoms with Crippen molar-refractivity contribution in [1.29, 1.82) is 0 Å². The predicted molar refractivity (Wildman–Crippen MR) is 64.7 cm³/mol. The first-order valence-electron chi connectivity index (χ1n) is 6.34. The molecule has 98 valence electrons. The van der Waals surface area contributed by atoms with Crippen LogP contribution < -0.4 is 5.32 Å². The van der Waals surface area contributed by atoms with Crippen molar-refractivity contribution in [3.8, 4) is 0 Å². The average Bonchev–Trinajstić information content (AvgIpc) is 2.74. The minimum atomic E-state index is -0.821. The van der Waals surface area contributed by atoms with Crippen LogP contribution in [0.15, 0.2) is 0 Å². The van der Waals surface area contributed by atoms with Gasteiger partial charge in [-0.2, -0.15) is 0 Å². The molecule has 5 nitrogen and oxygen atoms in total. The number of amides is 1. The van der Waals surface area contributed by atoms with Crippen LogP contribution in [0.1, 0.15) is 39.5 Å². The second kappa shape index (κ2) is 6.59. The van der Waals surface area contributed by atoms with Gasteiger partial charge in [0.15, 0.2) is 0 Å². The summed E-state index contributed by atoms with van der Waals surface area (Å²) < 4.78 is 0. The van der Waals surface area contributed by atoms with Gasteiger partial charge in [0.05, 0.1) is 6.54 Å². The number of carbonyl (C=O) groups is 2. The molecule has 17 heavy (non-hydrogen) atoms. The van der Waals surface area contributed by atoms with Gasteiger partial charge in [0.2, 0.25) is 5.91 Å². The van der Waals surface area contributed by atoms with Gasteiger partial charge in [-0.1, -0.05) is 13.8 Å². The molecule has 0 bridgehead atoms. The van der Waals surface area contributed by atoms with Gasteiger partial charge >= 0.3 is 5.97 Å². The van der Waals surface area contributed by atoms with E-state index in [-0.39, 0.29) is 18.5 Å². The smallest absolute Gasteiger partial charge is 0.320 e. The number of carboxylic acid groups (broad SMARTS) is 1. The Balaban J connectivity index is 2.42. The highest BCUT2D eigenvalue weighted by molar-refractivity contribution is 5.80. The van der Waals surface area contributed by atoms with E-state index in [1.165, 1.54) is 0 Å². The van der Waals surface area contributed by atoms with Crippen molar-refractivity contribution in [2.45, 2.75) is 51.6 Å². The van der Waals surface area contributed by atoms with E-state index in [1.807, 2.05) is 13.8 Å². The van der Waals surface area contributed by atoms with Crippen molar-refractivity contribution in [1.82, 2.24) is 10.2 Å². The first-order chi connectivity index (χ1) is 8.08. The second-order valence-corrected chi connectivity index (χ2v) is 4.55. The summed E-state index contributed by atoms with van der Waals surface area (Å²) in [6.07, 6.45) is 3.32. The number of aliphatic carboxylic acids is 1. The molecule has 1 saturated heterocycles. The molecule has 2 N–H and O–H groups in total. The molecule has 1 fully saturated rings. The number of carboxylic acids is 1. The first-order valence-corrected chi connectivity index (χ1v) is 6.34. The Labute approximate surface area is 102 Å². The number of hydrogen-bond donors (Lipinski definition) is 2. The third-order valence-electron chi connectivity index (χ3n) is 3.35. The minimum absolute atomic E-state index is 0.0631. The zero-order valence-electron chi connectivity index (χ0n) is 10.6. The van der Waals surface area contributed by atoms with Crippen molar-refractivity contribution in [2.75, 3.05) is 13.1 Å². The summed E-state index contributed by atoms with van der Waals surface area (Å²) in [6, 6.07) is -0.282. The highest BCUT2D eigenvalue weighted by atomic mass is 16.4. The maximum absolute atomic E-state index is 11.7. The SMILES string of the molecule is CCC(CC)NC(=O)CN1CCCC1C(=O)O. The number of rotatable bonds is 6. The fourth-order valence-corrected chi connectivity index (χ4v) is 2.25. The Kier molecular flexibility index (Phi) is 5.41. The van der Waals surface area contributed by atoms with E-state index in [1.54, 1.807) is 4.90 Å². The Morgan fingerprint density at radius 3 is 2.59 bits per heavy atom. The summed E-state index contributed by atoms with van der Waals surface area (Å²) in [4.78, 5) is 24.5. The van der Waals surface area contributed by atoms with Crippen molar-refractivity contribution in [2.24, 2.45) is 0 Å². The molecule has 0 aliphatic carbocycles. The van der Waals surface area contributed by atoms with Crippen LogP contribution in [-0.2, 0) is 9.59 Å². The lowest BCUT2D eigenvalue weighted by Crippen LogP contribution is -2.45. The van der Waals surface area contributed by atoms with E-state index in [4.69, 9.17) is 5.11 Å². The van der Waals surface area contributed by atoms with Gasteiger partial charge in [-0.25, -0.2) is 0 Å². The summed E-state index contributed by atoms with van der Waals surface area (Å²) in [5.74, 6) is -0.885. The van der Waals surface area contributed by atoms with Crippen LogP contribution in [0.4, 0.5) is 0 Å². The number of carbonyl (C=O) groups excluding carboxylic acids is 1. The third-order valence-corrected chi connectivity index (χ3v) is 3.35. The lowest BCUT2D eigenvalue weighted by Gasteiger charge is -2.22. The fourth-order valence-electron chi connectivity index (χ4n) is 2.25. The Morgan fingerprint density at radius 2 is 2.06 bits per heavy atom. The summed E-state index contributed by atoms with van der Waals surface area (Å²) in [5.41, 5.74) is 0.